The van der Waals surface area contributed by atoms with Crippen LogP contribution in [0.2, 0.25) is 0 Å². The summed E-state index contributed by atoms with van der Waals surface area (Å²) in [4.78, 5) is 32.9. The molecule has 1 amide bonds. The number of amides is 1. The molecular weight excluding hydrogens is 388 g/mol. The van der Waals surface area contributed by atoms with Crippen molar-refractivity contribution in [3.8, 4) is 5.75 Å². The number of rotatable bonds is 5. The molecule has 0 N–H and O–H groups in total. The van der Waals surface area contributed by atoms with Gasteiger partial charge in [-0.3, -0.25) is 14.6 Å². The van der Waals surface area contributed by atoms with Crippen molar-refractivity contribution in [3.63, 3.8) is 0 Å². The summed E-state index contributed by atoms with van der Waals surface area (Å²) in [6, 6.07) is 17.0. The molecule has 4 rings (SSSR count). The first-order chi connectivity index (χ1) is 15.0. The van der Waals surface area contributed by atoms with Crippen LogP contribution in [0.1, 0.15) is 59.0 Å². The van der Waals surface area contributed by atoms with Gasteiger partial charge in [0.2, 0.25) is 0 Å². The molecule has 1 saturated heterocycles. The van der Waals surface area contributed by atoms with E-state index in [9.17, 15) is 9.59 Å². The Hall–Kier alpha value is -3.21. The Bertz CT molecular complexity index is 1100. The molecule has 1 aromatic heterocycles. The first kappa shape index (κ1) is 21.0. The maximum absolute atomic E-state index is 13.4. The van der Waals surface area contributed by atoms with Crippen molar-refractivity contribution < 1.29 is 14.3 Å². The summed E-state index contributed by atoms with van der Waals surface area (Å²) in [6.45, 7) is 5.33. The molecule has 0 saturated carbocycles. The number of piperidine rings is 1. The van der Waals surface area contributed by atoms with Crippen molar-refractivity contribution in [2.24, 2.45) is 5.92 Å². The van der Waals surface area contributed by atoms with E-state index in [1.54, 1.807) is 7.11 Å². The standard InChI is InChI=1S/C26H28N2O3/c1-17(2)24-16-22(21-6-4-5-7-23(21)27-24)26(30)28-14-12-19(13-15-28)25(29)18-8-10-20(31-3)11-9-18/h4-11,16-17,19H,12-15H2,1-3H3. The van der Waals surface area contributed by atoms with Gasteiger partial charge in [0.05, 0.1) is 18.2 Å². The van der Waals surface area contributed by atoms with Crippen molar-refractivity contribution in [3.05, 3.63) is 71.4 Å². The molecule has 160 valence electrons. The van der Waals surface area contributed by atoms with Gasteiger partial charge >= 0.3 is 0 Å². The molecule has 1 fully saturated rings. The molecule has 5 heteroatoms. The van der Waals surface area contributed by atoms with Crippen LogP contribution in [0.4, 0.5) is 0 Å². The zero-order chi connectivity index (χ0) is 22.0. The van der Waals surface area contributed by atoms with Crippen LogP contribution in [0.15, 0.2) is 54.6 Å². The Labute approximate surface area is 183 Å². The van der Waals surface area contributed by atoms with Crippen molar-refractivity contribution in [2.45, 2.75) is 32.6 Å². The van der Waals surface area contributed by atoms with E-state index >= 15 is 0 Å². The van der Waals surface area contributed by atoms with Gasteiger partial charge in [0, 0.05) is 35.7 Å². The summed E-state index contributed by atoms with van der Waals surface area (Å²) in [7, 11) is 1.61. The third kappa shape index (κ3) is 4.31. The molecule has 1 aliphatic heterocycles. The lowest BCUT2D eigenvalue weighted by molar-refractivity contribution is 0.0651. The minimum absolute atomic E-state index is 0.0239. The maximum Gasteiger partial charge on any atom is 0.254 e. The average Bonchev–Trinajstić information content (AvgIpc) is 2.82. The Morgan fingerprint density at radius 2 is 1.71 bits per heavy atom. The summed E-state index contributed by atoms with van der Waals surface area (Å²) in [5.41, 5.74) is 3.18. The van der Waals surface area contributed by atoms with E-state index in [1.165, 1.54) is 0 Å². The average molecular weight is 417 g/mol. The zero-order valence-electron chi connectivity index (χ0n) is 18.3. The molecule has 2 heterocycles. The third-order valence-electron chi connectivity index (χ3n) is 6.09. The van der Waals surface area contributed by atoms with Gasteiger partial charge in [0.15, 0.2) is 5.78 Å². The molecule has 2 aromatic carbocycles. The van der Waals surface area contributed by atoms with Gasteiger partial charge in [-0.15, -0.1) is 0 Å². The number of hydrogen-bond donors (Lipinski definition) is 0. The number of Topliss-reactive ketones (excluding diaryl/α,β-unsaturated/α-hetero) is 1. The highest BCUT2D eigenvalue weighted by atomic mass is 16.5. The van der Waals surface area contributed by atoms with E-state index in [-0.39, 0.29) is 23.5 Å². The molecule has 5 nitrogen and oxygen atoms in total. The van der Waals surface area contributed by atoms with Crippen molar-refractivity contribution in [1.82, 2.24) is 9.88 Å². The number of benzene rings is 2. The molecule has 31 heavy (non-hydrogen) atoms. The minimum atomic E-state index is -0.0575. The normalized spacial score (nSPS) is 14.8. The summed E-state index contributed by atoms with van der Waals surface area (Å²) in [5.74, 6) is 1.09. The number of carbonyl (C=O) groups is 2. The van der Waals surface area contributed by atoms with Crippen LogP contribution in [-0.4, -0.2) is 41.8 Å². The van der Waals surface area contributed by atoms with E-state index < -0.39 is 0 Å². The molecule has 0 spiro atoms. The number of para-hydroxylation sites is 1. The number of likely N-dealkylation sites (tertiary alicyclic amines) is 1. The van der Waals surface area contributed by atoms with Crippen LogP contribution in [0.25, 0.3) is 10.9 Å². The molecule has 0 bridgehead atoms. The van der Waals surface area contributed by atoms with E-state index in [1.807, 2.05) is 59.5 Å². The fourth-order valence-electron chi connectivity index (χ4n) is 4.17. The third-order valence-corrected chi connectivity index (χ3v) is 6.09. The Kier molecular flexibility index (Phi) is 6.03. The van der Waals surface area contributed by atoms with Crippen molar-refractivity contribution in [2.75, 3.05) is 20.2 Å². The van der Waals surface area contributed by atoms with Crippen LogP contribution in [0.5, 0.6) is 5.75 Å². The fraction of sp³-hybridized carbons (Fsp3) is 0.346. The molecule has 0 unspecified atom stereocenters. The Balaban J connectivity index is 1.50. The molecule has 0 aliphatic carbocycles. The summed E-state index contributed by atoms with van der Waals surface area (Å²) < 4.78 is 5.17. The summed E-state index contributed by atoms with van der Waals surface area (Å²) >= 11 is 0. The largest absolute Gasteiger partial charge is 0.497 e. The maximum atomic E-state index is 13.4. The van der Waals surface area contributed by atoms with Crippen LogP contribution >= 0.6 is 0 Å². The first-order valence-electron chi connectivity index (χ1n) is 10.8. The number of carbonyl (C=O) groups excluding carboxylic acids is 2. The van der Waals surface area contributed by atoms with E-state index in [0.29, 0.717) is 37.1 Å². The van der Waals surface area contributed by atoms with Gasteiger partial charge in [-0.25, -0.2) is 0 Å². The molecule has 0 radical (unpaired) electrons. The molecule has 3 aromatic rings. The SMILES string of the molecule is COc1ccc(C(=O)C2CCN(C(=O)c3cc(C(C)C)nc4ccccc34)CC2)cc1. The van der Waals surface area contributed by atoms with Crippen LogP contribution in [0.3, 0.4) is 0 Å². The lowest BCUT2D eigenvalue weighted by atomic mass is 9.88. The van der Waals surface area contributed by atoms with E-state index in [2.05, 4.69) is 13.8 Å². The Morgan fingerprint density at radius 3 is 2.35 bits per heavy atom. The van der Waals surface area contributed by atoms with Crippen LogP contribution in [0, 0.1) is 5.92 Å². The van der Waals surface area contributed by atoms with Gasteiger partial charge < -0.3 is 9.64 Å². The number of fused-ring (bicyclic) bond motifs is 1. The number of aromatic nitrogens is 1. The fourth-order valence-corrected chi connectivity index (χ4v) is 4.17. The van der Waals surface area contributed by atoms with Gasteiger partial charge in [-0.05, 0) is 55.2 Å². The number of nitrogens with zero attached hydrogens (tertiary/aromatic N) is 2. The highest BCUT2D eigenvalue weighted by molar-refractivity contribution is 6.06. The Morgan fingerprint density at radius 1 is 1.03 bits per heavy atom. The zero-order valence-corrected chi connectivity index (χ0v) is 18.3. The van der Waals surface area contributed by atoms with Crippen molar-refractivity contribution >= 4 is 22.6 Å². The number of hydrogen-bond acceptors (Lipinski definition) is 4. The quantitative estimate of drug-likeness (QED) is 0.543. The number of ketones is 1. The van der Waals surface area contributed by atoms with E-state index in [4.69, 9.17) is 9.72 Å². The topological polar surface area (TPSA) is 59.5 Å². The predicted octanol–water partition coefficient (Wildman–Crippen LogP) is 5.10. The van der Waals surface area contributed by atoms with Crippen LogP contribution in [-0.2, 0) is 0 Å². The van der Waals surface area contributed by atoms with Gasteiger partial charge in [-0.1, -0.05) is 32.0 Å². The summed E-state index contributed by atoms with van der Waals surface area (Å²) in [5, 5.41) is 0.883. The molecule has 1 aliphatic rings. The lowest BCUT2D eigenvalue weighted by Gasteiger charge is -2.32. The van der Waals surface area contributed by atoms with Crippen LogP contribution < -0.4 is 4.74 Å². The number of methoxy groups -OCH3 is 1. The van der Waals surface area contributed by atoms with Gasteiger partial charge in [0.25, 0.3) is 5.91 Å². The minimum Gasteiger partial charge on any atom is -0.497 e. The van der Waals surface area contributed by atoms with E-state index in [0.717, 1.165) is 22.3 Å². The smallest absolute Gasteiger partial charge is 0.254 e. The molecule has 0 atom stereocenters. The lowest BCUT2D eigenvalue weighted by Crippen LogP contribution is -2.40. The summed E-state index contributed by atoms with van der Waals surface area (Å²) in [6.07, 6.45) is 1.35. The highest BCUT2D eigenvalue weighted by Crippen LogP contribution is 2.27. The van der Waals surface area contributed by atoms with Crippen molar-refractivity contribution in [1.29, 1.82) is 0 Å². The number of pyridine rings is 1. The predicted molar refractivity (Wildman–Crippen MR) is 122 cm³/mol. The second kappa shape index (κ2) is 8.88. The van der Waals surface area contributed by atoms with Gasteiger partial charge in [-0.2, -0.15) is 0 Å². The number of ether oxygens (including phenoxy) is 1. The monoisotopic (exact) mass is 416 g/mol. The highest BCUT2D eigenvalue weighted by Gasteiger charge is 2.29. The second-order valence-electron chi connectivity index (χ2n) is 8.43. The van der Waals surface area contributed by atoms with Gasteiger partial charge in [0.1, 0.15) is 5.75 Å². The second-order valence-corrected chi connectivity index (χ2v) is 8.43. The first-order valence-corrected chi connectivity index (χ1v) is 10.8. The molecular formula is C26H28N2O3.